The molecule has 11 heavy (non-hydrogen) atoms. The number of carbonyl (C=O) groups is 2. The van der Waals surface area contributed by atoms with Crippen molar-refractivity contribution in [2.75, 3.05) is 5.75 Å². The Labute approximate surface area is 85.7 Å². The van der Waals surface area contributed by atoms with Gasteiger partial charge in [0.05, 0.1) is 0 Å². The van der Waals surface area contributed by atoms with Gasteiger partial charge in [-0.1, -0.05) is 0 Å². The fraction of sp³-hybridized carbons (Fsp3) is 0.600. The fourth-order valence-corrected chi connectivity index (χ4v) is 0.678. The van der Waals surface area contributed by atoms with Gasteiger partial charge in [-0.2, -0.15) is 12.6 Å². The third-order valence-electron chi connectivity index (χ3n) is 0.858. The Balaban J connectivity index is 0. The van der Waals surface area contributed by atoms with E-state index in [1.165, 1.54) is 6.92 Å². The summed E-state index contributed by atoms with van der Waals surface area (Å²) in [7, 11) is 0. The largest absolute Gasteiger partial charge is 0.480 e. The Morgan fingerprint density at radius 1 is 1.64 bits per heavy atom. The molecule has 0 bridgehead atoms. The zero-order valence-electron chi connectivity index (χ0n) is 5.80. The summed E-state index contributed by atoms with van der Waals surface area (Å²) in [6, 6.07) is -0.874. The second-order valence-electron chi connectivity index (χ2n) is 1.77. The van der Waals surface area contributed by atoms with Gasteiger partial charge in [0.15, 0.2) is 0 Å². The minimum Gasteiger partial charge on any atom is -0.480 e. The average Bonchev–Trinajstić information content (AvgIpc) is 1.81. The number of hydrogen-bond donors (Lipinski definition) is 3. The Hall–Kier alpha value is 0.0303. The molecule has 0 unspecified atom stereocenters. The number of carbonyl (C=O) groups excluding carboxylic acids is 1. The van der Waals surface area contributed by atoms with Crippen molar-refractivity contribution < 1.29 is 37.1 Å². The number of rotatable bonds is 3. The molecule has 0 aromatic heterocycles. The van der Waals surface area contributed by atoms with E-state index in [2.05, 4.69) is 17.9 Å². The van der Waals surface area contributed by atoms with E-state index in [1.54, 1.807) is 0 Å². The molecular weight excluding hydrogens is 351 g/mol. The summed E-state index contributed by atoms with van der Waals surface area (Å²) in [6.07, 6.45) is 0. The molecule has 1 atom stereocenters. The van der Waals surface area contributed by atoms with E-state index in [4.69, 9.17) is 5.11 Å². The van der Waals surface area contributed by atoms with E-state index in [9.17, 15) is 9.59 Å². The molecule has 0 heterocycles. The number of aliphatic carboxylic acids is 1. The second kappa shape index (κ2) is 6.72. The van der Waals surface area contributed by atoms with Crippen molar-refractivity contribution in [1.29, 1.82) is 0 Å². The third kappa shape index (κ3) is 6.43. The normalized spacial score (nSPS) is 11.1. The molecule has 1 radical (unpaired) electrons. The predicted octanol–water partition coefficient (Wildman–Crippen LogP) is -0.497. The third-order valence-corrected chi connectivity index (χ3v) is 1.22. The van der Waals surface area contributed by atoms with Gasteiger partial charge in [0.25, 0.3) is 0 Å². The topological polar surface area (TPSA) is 66.4 Å². The van der Waals surface area contributed by atoms with Gasteiger partial charge in [-0.05, 0) is 0 Å². The van der Waals surface area contributed by atoms with Crippen molar-refractivity contribution >= 4 is 24.5 Å². The van der Waals surface area contributed by atoms with Crippen LogP contribution in [0.4, 0.5) is 0 Å². The van der Waals surface area contributed by atoms with Crippen molar-refractivity contribution in [2.45, 2.75) is 13.0 Å². The quantitative estimate of drug-likeness (QED) is 0.470. The van der Waals surface area contributed by atoms with Gasteiger partial charge in [-0.15, -0.1) is 0 Å². The van der Waals surface area contributed by atoms with Crippen LogP contribution in [0.3, 0.4) is 0 Å². The van der Waals surface area contributed by atoms with Crippen molar-refractivity contribution in [3.8, 4) is 0 Å². The molecule has 0 aliphatic carbocycles. The van der Waals surface area contributed by atoms with Gasteiger partial charge in [0.1, 0.15) is 6.04 Å². The molecule has 0 fully saturated rings. The smallest absolute Gasteiger partial charge is 0.327 e. The van der Waals surface area contributed by atoms with Crippen LogP contribution in [0.2, 0.25) is 0 Å². The van der Waals surface area contributed by atoms with E-state index in [0.717, 1.165) is 0 Å². The number of amides is 1. The average molecular weight is 360 g/mol. The Morgan fingerprint density at radius 3 is 2.18 bits per heavy atom. The van der Waals surface area contributed by atoms with Gasteiger partial charge in [0.2, 0.25) is 5.91 Å². The first-order chi connectivity index (χ1) is 4.57. The predicted molar refractivity (Wildman–Crippen MR) is 39.1 cm³/mol. The van der Waals surface area contributed by atoms with Crippen LogP contribution in [-0.2, 0) is 32.0 Å². The molecule has 0 aliphatic heterocycles. The first-order valence-corrected chi connectivity index (χ1v) is 3.32. The van der Waals surface area contributed by atoms with Crippen molar-refractivity contribution in [3.63, 3.8) is 0 Å². The van der Waals surface area contributed by atoms with Crippen LogP contribution in [0.15, 0.2) is 0 Å². The van der Waals surface area contributed by atoms with Gasteiger partial charge < -0.3 is 10.4 Å². The Morgan fingerprint density at radius 2 is 2.09 bits per heavy atom. The van der Waals surface area contributed by atoms with Crippen LogP contribution < -0.4 is 5.32 Å². The fourth-order valence-electron chi connectivity index (χ4n) is 0.431. The molecule has 1 amide bonds. The van der Waals surface area contributed by atoms with Crippen LogP contribution in [0, 0.1) is 0 Å². The summed E-state index contributed by atoms with van der Waals surface area (Å²) >= 11 is 3.73. The molecule has 0 aromatic rings. The molecule has 4 nitrogen and oxygen atoms in total. The van der Waals surface area contributed by atoms with Crippen LogP contribution >= 0.6 is 12.6 Å². The molecule has 0 aromatic carbocycles. The maximum absolute atomic E-state index is 10.3. The van der Waals surface area contributed by atoms with Crippen LogP contribution in [0.1, 0.15) is 6.92 Å². The number of nitrogens with one attached hydrogen (secondary N) is 1. The first-order valence-electron chi connectivity index (χ1n) is 2.68. The van der Waals surface area contributed by atoms with Gasteiger partial charge in [-0.3, -0.25) is 4.79 Å². The van der Waals surface area contributed by atoms with Gasteiger partial charge in [-0.25, -0.2) is 4.79 Å². The number of carboxylic acid groups (broad SMARTS) is 1. The van der Waals surface area contributed by atoms with E-state index in [-0.39, 0.29) is 34.0 Å². The van der Waals surface area contributed by atoms with Gasteiger partial charge in [0, 0.05) is 35.1 Å². The second-order valence-corrected chi connectivity index (χ2v) is 2.14. The van der Waals surface area contributed by atoms with E-state index < -0.39 is 12.0 Å². The summed E-state index contributed by atoms with van der Waals surface area (Å²) in [5, 5.41) is 10.6. The molecule has 2 N–H and O–H groups in total. The molecule has 0 rings (SSSR count). The molecule has 6 heteroatoms. The van der Waals surface area contributed by atoms with Gasteiger partial charge >= 0.3 is 5.97 Å². The Bertz CT molecular complexity index is 153. The zero-order valence-corrected chi connectivity index (χ0v) is 8.86. The maximum atomic E-state index is 10.3. The summed E-state index contributed by atoms with van der Waals surface area (Å²) < 4.78 is 0. The van der Waals surface area contributed by atoms with Crippen molar-refractivity contribution in [3.05, 3.63) is 0 Å². The molecule has 0 saturated carbocycles. The van der Waals surface area contributed by atoms with E-state index in [0.29, 0.717) is 0 Å². The molecule has 69 valence electrons. The maximum Gasteiger partial charge on any atom is 0.327 e. The van der Waals surface area contributed by atoms with Crippen molar-refractivity contribution in [2.24, 2.45) is 0 Å². The van der Waals surface area contributed by atoms with Crippen LogP contribution in [0.25, 0.3) is 0 Å². The molecular formula is C5H9AuNO3S. The molecule has 0 spiro atoms. The van der Waals surface area contributed by atoms with E-state index in [1.807, 2.05) is 0 Å². The number of thiol groups is 1. The minimum absolute atomic E-state index is 0. The number of hydrogen-bond acceptors (Lipinski definition) is 3. The SMILES string of the molecule is CC(=O)N[C@@H](CS)C(=O)O.[Au]. The zero-order chi connectivity index (χ0) is 8.15. The minimum atomic E-state index is -1.06. The molecule has 0 saturated heterocycles. The summed E-state index contributed by atoms with van der Waals surface area (Å²) in [5.41, 5.74) is 0. The summed E-state index contributed by atoms with van der Waals surface area (Å²) in [4.78, 5) is 20.5. The monoisotopic (exact) mass is 360 g/mol. The first kappa shape index (κ1) is 13.6. The summed E-state index contributed by atoms with van der Waals surface area (Å²) in [5.74, 6) is -1.32. The molecule has 0 aliphatic rings. The standard InChI is InChI=1S/C5H9NO3S.Au/c1-3(7)6-4(2-10)5(8)9;/h4,10H,2H2,1H3,(H,6,7)(H,8,9);/t4-;/m0./s1. The van der Waals surface area contributed by atoms with E-state index >= 15 is 0 Å². The van der Waals surface area contributed by atoms with Crippen molar-refractivity contribution in [1.82, 2.24) is 5.32 Å². The number of carboxylic acids is 1. The van der Waals surface area contributed by atoms with Crippen LogP contribution in [-0.4, -0.2) is 28.8 Å². The van der Waals surface area contributed by atoms with Crippen LogP contribution in [0.5, 0.6) is 0 Å². The summed E-state index contributed by atoms with van der Waals surface area (Å²) in [6.45, 7) is 1.26. The Kier molecular flexibility index (Phi) is 8.32.